The second-order valence-electron chi connectivity index (χ2n) is 3.57. The molecule has 0 amide bonds. The fraction of sp³-hybridized carbons (Fsp3) is 0.455. The largest absolute Gasteiger partial charge is 0.496 e. The molecule has 0 atom stereocenters. The Morgan fingerprint density at radius 1 is 1.38 bits per heavy atom. The second kappa shape index (κ2) is 4.66. The molecule has 0 aliphatic heterocycles. The first-order chi connectivity index (χ1) is 6.13. The summed E-state index contributed by atoms with van der Waals surface area (Å²) in [6.07, 6.45) is 1.11. The molecule has 0 radical (unpaired) electrons. The van der Waals surface area contributed by atoms with E-state index >= 15 is 0 Å². The van der Waals surface area contributed by atoms with E-state index in [-0.39, 0.29) is 0 Å². The fourth-order valence-electron chi connectivity index (χ4n) is 1.31. The third kappa shape index (κ3) is 3.03. The molecule has 72 valence electrons. The summed E-state index contributed by atoms with van der Waals surface area (Å²) in [5.74, 6) is 1.59. The van der Waals surface area contributed by atoms with E-state index in [2.05, 4.69) is 41.9 Å². The summed E-state index contributed by atoms with van der Waals surface area (Å²) in [6, 6.07) is 6.24. The van der Waals surface area contributed by atoms with Crippen molar-refractivity contribution < 1.29 is 4.74 Å². The maximum Gasteiger partial charge on any atom is 0.133 e. The molecule has 1 aromatic carbocycles. The predicted octanol–water partition coefficient (Wildman–Crippen LogP) is 3.66. The minimum atomic E-state index is 0.695. The van der Waals surface area contributed by atoms with E-state index < -0.39 is 0 Å². The van der Waals surface area contributed by atoms with Gasteiger partial charge in [0, 0.05) is 0 Å². The minimum Gasteiger partial charge on any atom is -0.496 e. The lowest BCUT2D eigenvalue weighted by Gasteiger charge is -2.07. The van der Waals surface area contributed by atoms with E-state index in [1.165, 1.54) is 5.56 Å². The summed E-state index contributed by atoms with van der Waals surface area (Å²) in [5, 5.41) is 0. The Balaban J connectivity index is 2.83. The van der Waals surface area contributed by atoms with Crippen LogP contribution in [0.2, 0.25) is 0 Å². The number of benzene rings is 1. The zero-order chi connectivity index (χ0) is 9.84. The molecule has 2 heteroatoms. The van der Waals surface area contributed by atoms with E-state index in [1.807, 2.05) is 6.07 Å². The van der Waals surface area contributed by atoms with Gasteiger partial charge in [-0.25, -0.2) is 0 Å². The van der Waals surface area contributed by atoms with Crippen LogP contribution >= 0.6 is 15.9 Å². The van der Waals surface area contributed by atoms with Gasteiger partial charge in [-0.2, -0.15) is 0 Å². The Labute approximate surface area is 88.2 Å². The molecule has 0 unspecified atom stereocenters. The predicted molar refractivity (Wildman–Crippen MR) is 59.2 cm³/mol. The molecule has 0 heterocycles. The molecule has 0 aromatic heterocycles. The van der Waals surface area contributed by atoms with Crippen molar-refractivity contribution in [3.05, 3.63) is 28.2 Å². The van der Waals surface area contributed by atoms with Gasteiger partial charge in [0.2, 0.25) is 0 Å². The summed E-state index contributed by atoms with van der Waals surface area (Å²) in [5.41, 5.74) is 1.35. The van der Waals surface area contributed by atoms with Crippen LogP contribution in [-0.2, 0) is 6.42 Å². The lowest BCUT2D eigenvalue weighted by Crippen LogP contribution is -1.94. The molecular formula is C11H15BrO. The van der Waals surface area contributed by atoms with Gasteiger partial charge in [-0.1, -0.05) is 19.9 Å². The minimum absolute atomic E-state index is 0.695. The van der Waals surface area contributed by atoms with Crippen LogP contribution < -0.4 is 4.74 Å². The molecule has 0 N–H and O–H groups in total. The van der Waals surface area contributed by atoms with Gasteiger partial charge in [0.05, 0.1) is 11.6 Å². The van der Waals surface area contributed by atoms with Gasteiger partial charge in [-0.3, -0.25) is 0 Å². The van der Waals surface area contributed by atoms with Crippen molar-refractivity contribution in [2.75, 3.05) is 7.11 Å². The number of halogens is 1. The van der Waals surface area contributed by atoms with Gasteiger partial charge in [0.15, 0.2) is 0 Å². The average Bonchev–Trinajstić information content (AvgIpc) is 2.03. The number of hydrogen-bond donors (Lipinski definition) is 0. The molecule has 1 nitrogen and oxygen atoms in total. The lowest BCUT2D eigenvalue weighted by molar-refractivity contribution is 0.412. The first-order valence-corrected chi connectivity index (χ1v) is 5.25. The Morgan fingerprint density at radius 3 is 2.54 bits per heavy atom. The maximum atomic E-state index is 5.16. The Bertz CT molecular complexity index is 281. The first kappa shape index (κ1) is 10.6. The highest BCUT2D eigenvalue weighted by Crippen LogP contribution is 2.26. The summed E-state index contributed by atoms with van der Waals surface area (Å²) in [7, 11) is 1.68. The third-order valence-electron chi connectivity index (χ3n) is 1.86. The van der Waals surface area contributed by atoms with Crippen molar-refractivity contribution >= 4 is 15.9 Å². The van der Waals surface area contributed by atoms with Crippen LogP contribution in [0.25, 0.3) is 0 Å². The highest BCUT2D eigenvalue weighted by Gasteiger charge is 2.02. The molecule has 0 saturated carbocycles. The third-order valence-corrected chi connectivity index (χ3v) is 2.48. The van der Waals surface area contributed by atoms with Gasteiger partial charge in [0.1, 0.15) is 5.75 Å². The van der Waals surface area contributed by atoms with Crippen LogP contribution in [0, 0.1) is 5.92 Å². The molecule has 0 aliphatic carbocycles. The van der Waals surface area contributed by atoms with Crippen LogP contribution in [0.15, 0.2) is 22.7 Å². The van der Waals surface area contributed by atoms with Crippen molar-refractivity contribution in [3.63, 3.8) is 0 Å². The topological polar surface area (TPSA) is 9.23 Å². The van der Waals surface area contributed by atoms with Gasteiger partial charge in [-0.15, -0.1) is 0 Å². The SMILES string of the molecule is COc1ccc(CC(C)C)cc1Br. The Hall–Kier alpha value is -0.500. The van der Waals surface area contributed by atoms with E-state index in [9.17, 15) is 0 Å². The van der Waals surface area contributed by atoms with Crippen molar-refractivity contribution in [2.24, 2.45) is 5.92 Å². The van der Waals surface area contributed by atoms with Crippen molar-refractivity contribution in [2.45, 2.75) is 20.3 Å². The molecule has 0 bridgehead atoms. The molecule has 0 fully saturated rings. The van der Waals surface area contributed by atoms with Crippen molar-refractivity contribution in [1.29, 1.82) is 0 Å². The molecular weight excluding hydrogens is 228 g/mol. The van der Waals surface area contributed by atoms with Crippen molar-refractivity contribution in [3.8, 4) is 5.75 Å². The zero-order valence-corrected chi connectivity index (χ0v) is 9.89. The quantitative estimate of drug-likeness (QED) is 0.787. The first-order valence-electron chi connectivity index (χ1n) is 4.46. The van der Waals surface area contributed by atoms with Crippen LogP contribution in [0.3, 0.4) is 0 Å². The van der Waals surface area contributed by atoms with Crippen molar-refractivity contribution in [1.82, 2.24) is 0 Å². The second-order valence-corrected chi connectivity index (χ2v) is 4.42. The number of rotatable bonds is 3. The molecule has 13 heavy (non-hydrogen) atoms. The van der Waals surface area contributed by atoms with Gasteiger partial charge in [0.25, 0.3) is 0 Å². The Morgan fingerprint density at radius 2 is 2.08 bits per heavy atom. The Kier molecular flexibility index (Phi) is 3.79. The molecule has 1 rings (SSSR count). The number of methoxy groups -OCH3 is 1. The smallest absolute Gasteiger partial charge is 0.133 e. The van der Waals surface area contributed by atoms with Gasteiger partial charge >= 0.3 is 0 Å². The zero-order valence-electron chi connectivity index (χ0n) is 8.30. The fourth-order valence-corrected chi connectivity index (χ4v) is 1.90. The van der Waals surface area contributed by atoms with Crippen LogP contribution in [-0.4, -0.2) is 7.11 Å². The standard InChI is InChI=1S/C11H15BrO/c1-8(2)6-9-4-5-11(13-3)10(12)7-9/h4-5,7-8H,6H2,1-3H3. The number of hydrogen-bond acceptors (Lipinski definition) is 1. The van der Waals surface area contributed by atoms with Crippen LogP contribution in [0.4, 0.5) is 0 Å². The molecule has 1 aromatic rings. The normalized spacial score (nSPS) is 10.5. The lowest BCUT2D eigenvalue weighted by atomic mass is 10.0. The molecule has 0 saturated heterocycles. The summed E-state index contributed by atoms with van der Waals surface area (Å²) in [6.45, 7) is 4.44. The van der Waals surface area contributed by atoms with E-state index in [0.29, 0.717) is 5.92 Å². The van der Waals surface area contributed by atoms with Gasteiger partial charge < -0.3 is 4.74 Å². The summed E-state index contributed by atoms with van der Waals surface area (Å²) < 4.78 is 6.19. The average molecular weight is 243 g/mol. The van der Waals surface area contributed by atoms with E-state index in [1.54, 1.807) is 7.11 Å². The summed E-state index contributed by atoms with van der Waals surface area (Å²) in [4.78, 5) is 0. The highest BCUT2D eigenvalue weighted by atomic mass is 79.9. The molecule has 0 aliphatic rings. The van der Waals surface area contributed by atoms with E-state index in [4.69, 9.17) is 4.74 Å². The number of ether oxygens (including phenoxy) is 1. The highest BCUT2D eigenvalue weighted by molar-refractivity contribution is 9.10. The van der Waals surface area contributed by atoms with Crippen LogP contribution in [0.1, 0.15) is 19.4 Å². The summed E-state index contributed by atoms with van der Waals surface area (Å²) >= 11 is 3.47. The van der Waals surface area contributed by atoms with Crippen LogP contribution in [0.5, 0.6) is 5.75 Å². The monoisotopic (exact) mass is 242 g/mol. The maximum absolute atomic E-state index is 5.16. The van der Waals surface area contributed by atoms with Gasteiger partial charge in [-0.05, 0) is 46.0 Å². The molecule has 0 spiro atoms. The van der Waals surface area contributed by atoms with E-state index in [0.717, 1.165) is 16.6 Å².